The second kappa shape index (κ2) is 8.73. The van der Waals surface area contributed by atoms with Crippen LogP contribution in [0.1, 0.15) is 40.6 Å². The Balaban J connectivity index is 1.71. The minimum atomic E-state index is -3.61. The summed E-state index contributed by atoms with van der Waals surface area (Å²) in [7, 11) is -3.61. The number of sulfonamides is 1. The van der Waals surface area contributed by atoms with Gasteiger partial charge in [0.05, 0.1) is 10.5 Å². The van der Waals surface area contributed by atoms with Crippen molar-refractivity contribution in [2.24, 2.45) is 5.92 Å². The van der Waals surface area contributed by atoms with Gasteiger partial charge in [0.15, 0.2) is 0 Å². The zero-order valence-corrected chi connectivity index (χ0v) is 18.0. The molecule has 152 valence electrons. The molecule has 0 radical (unpaired) electrons. The first kappa shape index (κ1) is 21.0. The summed E-state index contributed by atoms with van der Waals surface area (Å²) in [5, 5.41) is 8.04. The smallest absolute Gasteiger partial charge is 0.256 e. The third kappa shape index (κ3) is 4.81. The van der Waals surface area contributed by atoms with E-state index in [-0.39, 0.29) is 16.8 Å². The molecule has 1 aromatic carbocycles. The molecule has 2 aromatic rings. The van der Waals surface area contributed by atoms with Gasteiger partial charge in [-0.3, -0.25) is 4.79 Å². The Bertz CT molecular complexity index is 947. The van der Waals surface area contributed by atoms with Crippen molar-refractivity contribution in [3.05, 3.63) is 45.6 Å². The van der Waals surface area contributed by atoms with Gasteiger partial charge in [-0.1, -0.05) is 0 Å². The third-order valence-electron chi connectivity index (χ3n) is 5.29. The van der Waals surface area contributed by atoms with E-state index in [0.717, 1.165) is 30.8 Å². The number of rotatable bonds is 6. The van der Waals surface area contributed by atoms with E-state index in [1.165, 1.54) is 11.3 Å². The standard InChI is InChI=1S/C20H27N3O3S2/c1-13-12-17(28(25,26)23-14(2)16-6-9-21-10-7-16)4-5-19(13)22-20(24)18-8-11-27-15(18)3/h4-5,8,11-12,14,16,21,23H,6-7,9-10H2,1-3H3,(H,22,24). The predicted octanol–water partition coefficient (Wildman–Crippen LogP) is 3.28. The number of anilines is 1. The lowest BCUT2D eigenvalue weighted by Gasteiger charge is -2.28. The molecule has 8 heteroatoms. The number of carbonyl (C=O) groups is 1. The van der Waals surface area contributed by atoms with Gasteiger partial charge >= 0.3 is 0 Å². The zero-order chi connectivity index (χ0) is 20.3. The fraction of sp³-hybridized carbons (Fsp3) is 0.450. The highest BCUT2D eigenvalue weighted by atomic mass is 32.2. The second-order valence-electron chi connectivity index (χ2n) is 7.32. The van der Waals surface area contributed by atoms with Gasteiger partial charge in [0.1, 0.15) is 0 Å². The van der Waals surface area contributed by atoms with Crippen LogP contribution < -0.4 is 15.4 Å². The van der Waals surface area contributed by atoms with Crippen molar-refractivity contribution in [3.63, 3.8) is 0 Å². The van der Waals surface area contributed by atoms with E-state index in [0.29, 0.717) is 22.7 Å². The number of thiophene rings is 1. The van der Waals surface area contributed by atoms with Crippen LogP contribution in [0.25, 0.3) is 0 Å². The van der Waals surface area contributed by atoms with Gasteiger partial charge in [0, 0.05) is 16.6 Å². The van der Waals surface area contributed by atoms with Crippen LogP contribution in [-0.4, -0.2) is 33.5 Å². The van der Waals surface area contributed by atoms with Crippen molar-refractivity contribution in [1.29, 1.82) is 0 Å². The lowest BCUT2D eigenvalue weighted by Crippen LogP contribution is -2.42. The largest absolute Gasteiger partial charge is 0.322 e. The van der Waals surface area contributed by atoms with E-state index in [9.17, 15) is 13.2 Å². The number of benzene rings is 1. The topological polar surface area (TPSA) is 87.3 Å². The molecule has 3 rings (SSSR count). The van der Waals surface area contributed by atoms with E-state index in [2.05, 4.69) is 15.4 Å². The molecule has 1 unspecified atom stereocenters. The molecule has 1 atom stereocenters. The molecule has 0 aliphatic carbocycles. The van der Waals surface area contributed by atoms with Crippen LogP contribution in [0.15, 0.2) is 34.5 Å². The van der Waals surface area contributed by atoms with Gasteiger partial charge in [-0.2, -0.15) is 0 Å². The molecule has 2 heterocycles. The number of nitrogens with one attached hydrogen (secondary N) is 3. The van der Waals surface area contributed by atoms with Crippen molar-refractivity contribution < 1.29 is 13.2 Å². The molecule has 1 fully saturated rings. The monoisotopic (exact) mass is 421 g/mol. The molecule has 1 amide bonds. The lowest BCUT2D eigenvalue weighted by atomic mass is 9.92. The summed E-state index contributed by atoms with van der Waals surface area (Å²) < 4.78 is 28.4. The van der Waals surface area contributed by atoms with Gasteiger partial charge in [-0.15, -0.1) is 11.3 Å². The van der Waals surface area contributed by atoms with Crippen LogP contribution in [-0.2, 0) is 10.0 Å². The van der Waals surface area contributed by atoms with Crippen LogP contribution in [0.2, 0.25) is 0 Å². The van der Waals surface area contributed by atoms with Crippen molar-refractivity contribution in [1.82, 2.24) is 10.0 Å². The fourth-order valence-corrected chi connectivity index (χ4v) is 5.60. The van der Waals surface area contributed by atoms with Crippen molar-refractivity contribution in [2.75, 3.05) is 18.4 Å². The highest BCUT2D eigenvalue weighted by Gasteiger charge is 2.25. The highest BCUT2D eigenvalue weighted by Crippen LogP contribution is 2.23. The Morgan fingerprint density at radius 2 is 1.93 bits per heavy atom. The Hall–Kier alpha value is -1.74. The molecule has 1 aliphatic heterocycles. The van der Waals surface area contributed by atoms with Crippen LogP contribution in [0.3, 0.4) is 0 Å². The molecule has 0 spiro atoms. The van der Waals surface area contributed by atoms with E-state index in [4.69, 9.17) is 0 Å². The molecule has 6 nitrogen and oxygen atoms in total. The average molecular weight is 422 g/mol. The minimum absolute atomic E-state index is 0.117. The molecule has 1 aromatic heterocycles. The summed E-state index contributed by atoms with van der Waals surface area (Å²) in [5.41, 5.74) is 1.96. The van der Waals surface area contributed by atoms with Crippen molar-refractivity contribution in [2.45, 2.75) is 44.6 Å². The first-order valence-corrected chi connectivity index (χ1v) is 11.8. The Morgan fingerprint density at radius 1 is 1.21 bits per heavy atom. The van der Waals surface area contributed by atoms with Crippen LogP contribution >= 0.6 is 11.3 Å². The van der Waals surface area contributed by atoms with E-state index in [1.54, 1.807) is 31.2 Å². The number of hydrogen-bond donors (Lipinski definition) is 3. The summed E-state index contributed by atoms with van der Waals surface area (Å²) >= 11 is 1.52. The van der Waals surface area contributed by atoms with E-state index in [1.807, 2.05) is 19.2 Å². The van der Waals surface area contributed by atoms with Gasteiger partial charge < -0.3 is 10.6 Å². The number of hydrogen-bond acceptors (Lipinski definition) is 5. The maximum atomic E-state index is 12.8. The van der Waals surface area contributed by atoms with Gasteiger partial charge in [-0.25, -0.2) is 13.1 Å². The molecule has 3 N–H and O–H groups in total. The molecule has 1 aliphatic rings. The summed E-state index contributed by atoms with van der Waals surface area (Å²) in [6, 6.07) is 6.47. The SMILES string of the molecule is Cc1cc(S(=O)(=O)NC(C)C2CCNCC2)ccc1NC(=O)c1ccsc1C. The number of carbonyl (C=O) groups excluding carboxylic acids is 1. The molecular weight excluding hydrogens is 394 g/mol. The number of piperidine rings is 1. The van der Waals surface area contributed by atoms with Crippen molar-refractivity contribution in [3.8, 4) is 0 Å². The zero-order valence-electron chi connectivity index (χ0n) is 16.4. The summed E-state index contributed by atoms with van der Waals surface area (Å²) in [5.74, 6) is 0.152. The first-order valence-electron chi connectivity index (χ1n) is 9.47. The second-order valence-corrected chi connectivity index (χ2v) is 10.2. The molecule has 0 bridgehead atoms. The molecular formula is C20H27N3O3S2. The lowest BCUT2D eigenvalue weighted by molar-refractivity contribution is 0.102. The Kier molecular flexibility index (Phi) is 6.54. The van der Waals surface area contributed by atoms with Gasteiger partial charge in [-0.05, 0) is 87.8 Å². The predicted molar refractivity (Wildman–Crippen MR) is 114 cm³/mol. The maximum absolute atomic E-state index is 12.8. The van der Waals surface area contributed by atoms with Gasteiger partial charge in [0.2, 0.25) is 10.0 Å². The average Bonchev–Trinajstić information content (AvgIpc) is 3.09. The number of aryl methyl sites for hydroxylation is 2. The summed E-state index contributed by atoms with van der Waals surface area (Å²) in [6.45, 7) is 7.47. The molecule has 1 saturated heterocycles. The van der Waals surface area contributed by atoms with Crippen LogP contribution in [0.5, 0.6) is 0 Å². The van der Waals surface area contributed by atoms with Crippen LogP contribution in [0.4, 0.5) is 5.69 Å². The quantitative estimate of drug-likeness (QED) is 0.668. The summed E-state index contributed by atoms with van der Waals surface area (Å²) in [4.78, 5) is 13.6. The Labute approximate surface area is 170 Å². The number of amides is 1. The summed E-state index contributed by atoms with van der Waals surface area (Å²) in [6.07, 6.45) is 1.94. The molecule has 28 heavy (non-hydrogen) atoms. The third-order valence-corrected chi connectivity index (χ3v) is 7.69. The fourth-order valence-electron chi connectivity index (χ4n) is 3.51. The minimum Gasteiger partial charge on any atom is -0.322 e. The highest BCUT2D eigenvalue weighted by molar-refractivity contribution is 7.89. The van der Waals surface area contributed by atoms with Crippen molar-refractivity contribution >= 4 is 33.0 Å². The van der Waals surface area contributed by atoms with Gasteiger partial charge in [0.25, 0.3) is 5.91 Å². The maximum Gasteiger partial charge on any atom is 0.256 e. The first-order chi connectivity index (χ1) is 13.3. The molecule has 0 saturated carbocycles. The van der Waals surface area contributed by atoms with E-state index >= 15 is 0 Å². The van der Waals surface area contributed by atoms with E-state index < -0.39 is 10.0 Å². The van der Waals surface area contributed by atoms with Crippen LogP contribution in [0, 0.1) is 19.8 Å². The Morgan fingerprint density at radius 3 is 2.54 bits per heavy atom. The normalized spacial score (nSPS) is 16.7.